The minimum Gasteiger partial charge on any atom is -0.477 e. The summed E-state index contributed by atoms with van der Waals surface area (Å²) >= 11 is 4.68. The zero-order chi connectivity index (χ0) is 25.3. The van der Waals surface area contributed by atoms with E-state index in [0.29, 0.717) is 9.78 Å². The Hall–Kier alpha value is -3.15. The van der Waals surface area contributed by atoms with Gasteiger partial charge >= 0.3 is 11.9 Å². The fourth-order valence-electron chi connectivity index (χ4n) is 3.33. The van der Waals surface area contributed by atoms with Crippen molar-refractivity contribution in [2.24, 2.45) is 5.16 Å². The first-order chi connectivity index (χ1) is 16.7. The van der Waals surface area contributed by atoms with Gasteiger partial charge < -0.3 is 26.1 Å². The van der Waals surface area contributed by atoms with Crippen molar-refractivity contribution in [3.63, 3.8) is 0 Å². The number of rotatable bonds is 9. The molecule has 1 unspecified atom stereocenters. The maximum absolute atomic E-state index is 12.9. The number of carboxylic acids is 2. The molecule has 1 saturated heterocycles. The van der Waals surface area contributed by atoms with Gasteiger partial charge in [-0.2, -0.15) is 0 Å². The van der Waals surface area contributed by atoms with Crippen molar-refractivity contribution in [2.45, 2.75) is 15.6 Å². The van der Waals surface area contributed by atoms with Crippen LogP contribution in [0.5, 0.6) is 0 Å². The summed E-state index contributed by atoms with van der Waals surface area (Å²) in [6.45, 7) is 0. The van der Waals surface area contributed by atoms with Crippen molar-refractivity contribution in [3.8, 4) is 0 Å². The highest BCUT2D eigenvalue weighted by atomic mass is 32.2. The highest BCUT2D eigenvalue weighted by Crippen LogP contribution is 2.42. The second-order valence-corrected chi connectivity index (χ2v) is 11.0. The number of nitrogen functional groups attached to an aromatic ring is 1. The highest BCUT2D eigenvalue weighted by molar-refractivity contribution is 8.02. The number of carboxylic acid groups (broad SMARTS) is 2. The Kier molecular flexibility index (Phi) is 7.29. The number of fused-ring (bicyclic) bond motifs is 1. The maximum Gasteiger partial charge on any atom is 0.356 e. The number of thioether (sulfide) groups is 2. The molecule has 0 aromatic carbocycles. The minimum absolute atomic E-state index is 0.1000. The van der Waals surface area contributed by atoms with Crippen molar-refractivity contribution >= 4 is 80.8 Å². The molecule has 0 saturated carbocycles. The molecule has 2 aromatic heterocycles. The van der Waals surface area contributed by atoms with Gasteiger partial charge in [0.1, 0.15) is 29.9 Å². The lowest BCUT2D eigenvalue weighted by atomic mass is 10.0. The van der Waals surface area contributed by atoms with Gasteiger partial charge in [0, 0.05) is 16.9 Å². The van der Waals surface area contributed by atoms with Crippen molar-refractivity contribution in [3.05, 3.63) is 33.5 Å². The number of carbonyl (C=O) groups is 4. The second-order valence-electron chi connectivity index (χ2n) is 6.89. The van der Waals surface area contributed by atoms with Gasteiger partial charge in [0.2, 0.25) is 0 Å². The number of nitrogens with two attached hydrogens (primary N) is 1. The van der Waals surface area contributed by atoms with Crippen LogP contribution in [0.15, 0.2) is 31.5 Å². The van der Waals surface area contributed by atoms with Crippen LogP contribution in [0.4, 0.5) is 5.13 Å². The summed E-state index contributed by atoms with van der Waals surface area (Å²) in [4.78, 5) is 62.7. The first-order valence-corrected chi connectivity index (χ1v) is 13.3. The lowest BCUT2D eigenvalue weighted by molar-refractivity contribution is -0.150. The molecule has 13 nitrogen and oxygen atoms in total. The van der Waals surface area contributed by atoms with Gasteiger partial charge in [0.05, 0.1) is 9.72 Å². The third-order valence-corrected chi connectivity index (χ3v) is 9.04. The van der Waals surface area contributed by atoms with Gasteiger partial charge in [0.15, 0.2) is 16.5 Å². The third kappa shape index (κ3) is 4.84. The molecule has 2 aliphatic rings. The summed E-state index contributed by atoms with van der Waals surface area (Å²) in [6, 6.07) is -0.978. The molecule has 17 heteroatoms. The Morgan fingerprint density at radius 3 is 2.74 bits per heavy atom. The Morgan fingerprint density at radius 1 is 1.34 bits per heavy atom. The molecule has 4 rings (SSSR count). The molecule has 2 amide bonds. The number of β-lactam (4-membered cyclic amide) rings is 1. The summed E-state index contributed by atoms with van der Waals surface area (Å²) < 4.78 is 0.439. The number of amides is 2. The number of aromatic carboxylic acids is 1. The lowest BCUT2D eigenvalue weighted by Gasteiger charge is -2.49. The SMILES string of the molecule is CON=C(C(=O)NC1C(=O)N2C(C(=O)O)=C(CSc3scnc3C(=O)O)CS[C@@H]12)c1csc(N)n1. The minimum atomic E-state index is -1.29. The number of oxime groups is 1. The van der Waals surface area contributed by atoms with E-state index in [4.69, 9.17) is 10.6 Å². The van der Waals surface area contributed by atoms with Crippen LogP contribution in [-0.4, -0.2) is 84.6 Å². The van der Waals surface area contributed by atoms with Crippen LogP contribution >= 0.6 is 46.2 Å². The lowest BCUT2D eigenvalue weighted by Crippen LogP contribution is -2.71. The van der Waals surface area contributed by atoms with Crippen LogP contribution in [0.2, 0.25) is 0 Å². The van der Waals surface area contributed by atoms with E-state index in [0.717, 1.165) is 39.3 Å². The van der Waals surface area contributed by atoms with Crippen LogP contribution in [-0.2, 0) is 19.2 Å². The molecule has 2 atom stereocenters. The molecule has 35 heavy (non-hydrogen) atoms. The Morgan fingerprint density at radius 2 is 2.11 bits per heavy atom. The number of anilines is 1. The van der Waals surface area contributed by atoms with Crippen molar-refractivity contribution in [1.29, 1.82) is 0 Å². The van der Waals surface area contributed by atoms with Crippen LogP contribution in [0, 0.1) is 0 Å². The van der Waals surface area contributed by atoms with E-state index in [1.807, 2.05) is 0 Å². The van der Waals surface area contributed by atoms with Crippen molar-refractivity contribution in [1.82, 2.24) is 20.2 Å². The number of thiazole rings is 2. The molecule has 1 fully saturated rings. The molecule has 0 aliphatic carbocycles. The fraction of sp³-hybridized carbons (Fsp3) is 0.278. The fourth-order valence-corrected chi connectivity index (χ4v) is 7.26. The average molecular weight is 557 g/mol. The Balaban J connectivity index is 1.50. The molecule has 0 radical (unpaired) electrons. The molecule has 2 aliphatic heterocycles. The largest absolute Gasteiger partial charge is 0.477 e. The summed E-state index contributed by atoms with van der Waals surface area (Å²) in [5.74, 6) is -3.32. The van der Waals surface area contributed by atoms with Crippen molar-refractivity contribution < 1.29 is 34.2 Å². The number of nitrogens with zero attached hydrogens (tertiary/aromatic N) is 4. The van der Waals surface area contributed by atoms with E-state index in [1.165, 1.54) is 29.8 Å². The van der Waals surface area contributed by atoms with Crippen LogP contribution in [0.3, 0.4) is 0 Å². The average Bonchev–Trinajstić information content (AvgIpc) is 3.47. The van der Waals surface area contributed by atoms with Crippen LogP contribution in [0.1, 0.15) is 16.2 Å². The van der Waals surface area contributed by atoms with Gasteiger partial charge in [0.25, 0.3) is 11.8 Å². The number of aliphatic carboxylic acids is 1. The van der Waals surface area contributed by atoms with Gasteiger partial charge in [-0.3, -0.25) is 14.5 Å². The second kappa shape index (κ2) is 10.2. The zero-order valence-corrected chi connectivity index (χ0v) is 20.9. The quantitative estimate of drug-likeness (QED) is 0.147. The first kappa shape index (κ1) is 25.0. The van der Waals surface area contributed by atoms with Crippen molar-refractivity contribution in [2.75, 3.05) is 24.3 Å². The standard InChI is InChI=1S/C18H16N6O7S4/c1-31-23-8(7-4-34-18(19)21-7)12(25)22-9-13(26)24-11(16(29)30)6(2-32-14(9)24)3-33-17-10(15(27)28)20-5-35-17/h4-5,9,14H,2-3H2,1H3,(H2,19,21)(H,22,25)(H,27,28)(H,29,30)/t9?,14-/m0/s1. The van der Waals surface area contributed by atoms with Gasteiger partial charge in [-0.25, -0.2) is 19.6 Å². The van der Waals surface area contributed by atoms with E-state index in [2.05, 4.69) is 20.4 Å². The first-order valence-electron chi connectivity index (χ1n) is 9.55. The van der Waals surface area contributed by atoms with Crippen LogP contribution < -0.4 is 11.1 Å². The van der Waals surface area contributed by atoms with E-state index in [-0.39, 0.29) is 39.4 Å². The number of hydrogen-bond donors (Lipinski definition) is 4. The summed E-state index contributed by atoms with van der Waals surface area (Å²) in [5, 5.41) is 26.4. The molecular weight excluding hydrogens is 541 g/mol. The Labute approximate surface area is 213 Å². The third-order valence-electron chi connectivity index (χ3n) is 4.81. The van der Waals surface area contributed by atoms with Gasteiger partial charge in [-0.1, -0.05) is 5.16 Å². The summed E-state index contributed by atoms with van der Waals surface area (Å²) in [7, 11) is 1.26. The van der Waals surface area contributed by atoms with Gasteiger partial charge in [-0.05, 0) is 5.57 Å². The monoisotopic (exact) mass is 556 g/mol. The number of aromatic nitrogens is 2. The molecule has 4 heterocycles. The summed E-state index contributed by atoms with van der Waals surface area (Å²) in [5.41, 5.74) is 7.22. The normalized spacial score (nSPS) is 19.7. The Bertz CT molecular complexity index is 1270. The van der Waals surface area contributed by atoms with E-state index in [1.54, 1.807) is 0 Å². The number of carbonyl (C=O) groups excluding carboxylic acids is 2. The molecule has 2 aromatic rings. The van der Waals surface area contributed by atoms with E-state index < -0.39 is 35.2 Å². The smallest absolute Gasteiger partial charge is 0.356 e. The molecule has 184 valence electrons. The topological polar surface area (TPSA) is 197 Å². The van der Waals surface area contributed by atoms with E-state index >= 15 is 0 Å². The molecular formula is C18H16N6O7S4. The zero-order valence-electron chi connectivity index (χ0n) is 17.7. The molecule has 0 spiro atoms. The number of hydrogen-bond acceptors (Lipinski definition) is 13. The predicted octanol–water partition coefficient (Wildman–Crippen LogP) is 0.761. The predicted molar refractivity (Wildman–Crippen MR) is 130 cm³/mol. The molecule has 0 bridgehead atoms. The summed E-state index contributed by atoms with van der Waals surface area (Å²) in [6.07, 6.45) is 0. The molecule has 5 N–H and O–H groups in total. The van der Waals surface area contributed by atoms with Crippen LogP contribution in [0.25, 0.3) is 0 Å². The number of nitrogens with one attached hydrogen (secondary N) is 1. The van der Waals surface area contributed by atoms with E-state index in [9.17, 15) is 29.4 Å². The van der Waals surface area contributed by atoms with Gasteiger partial charge in [-0.15, -0.1) is 46.2 Å². The highest BCUT2D eigenvalue weighted by Gasteiger charge is 2.54. The maximum atomic E-state index is 12.9.